The first-order valence-electron chi connectivity index (χ1n) is 7.96. The van der Waals surface area contributed by atoms with Gasteiger partial charge in [-0.1, -0.05) is 19.1 Å². The highest BCUT2D eigenvalue weighted by Gasteiger charge is 2.05. The maximum Gasteiger partial charge on any atom is 0.191 e. The molecule has 2 N–H and O–H groups in total. The third kappa shape index (κ3) is 6.35. The summed E-state index contributed by atoms with van der Waals surface area (Å²) in [6.07, 6.45) is 0. The van der Waals surface area contributed by atoms with Gasteiger partial charge in [-0.2, -0.15) is 0 Å². The number of benzene rings is 1. The van der Waals surface area contributed by atoms with Gasteiger partial charge in [0.05, 0.1) is 6.61 Å². The lowest BCUT2D eigenvalue weighted by atomic mass is 10.1. The minimum Gasteiger partial charge on any atom is -0.494 e. The summed E-state index contributed by atoms with van der Waals surface area (Å²) >= 11 is 0. The highest BCUT2D eigenvalue weighted by molar-refractivity contribution is 5.79. The summed E-state index contributed by atoms with van der Waals surface area (Å²) in [5.74, 6) is 1.75. The quantitative estimate of drug-likeness (QED) is 0.570. The molecule has 0 aliphatic heterocycles. The Morgan fingerprint density at radius 2 is 2.05 bits per heavy atom. The molecule has 0 aromatic heterocycles. The molecule has 0 radical (unpaired) electrons. The van der Waals surface area contributed by atoms with Gasteiger partial charge >= 0.3 is 0 Å². The normalized spacial score (nSPS) is 11.6. The van der Waals surface area contributed by atoms with Crippen LogP contribution in [0.3, 0.4) is 0 Å². The SMILES string of the molecule is CCOc1cc(C)ccc1CNC(=NC)NCCN(C)CC. The number of guanidine groups is 1. The molecular weight excluding hydrogens is 276 g/mol. The van der Waals surface area contributed by atoms with Crippen molar-refractivity contribution in [1.82, 2.24) is 15.5 Å². The monoisotopic (exact) mass is 306 g/mol. The second-order valence-corrected chi connectivity index (χ2v) is 5.29. The Bertz CT molecular complexity index is 474. The Hall–Kier alpha value is -1.75. The van der Waals surface area contributed by atoms with Crippen LogP contribution in [0.2, 0.25) is 0 Å². The average molecular weight is 306 g/mol. The van der Waals surface area contributed by atoms with Crippen LogP contribution >= 0.6 is 0 Å². The van der Waals surface area contributed by atoms with E-state index in [0.717, 1.165) is 36.9 Å². The predicted octanol–water partition coefficient (Wildman–Crippen LogP) is 2.01. The standard InChI is InChI=1S/C17H30N4O/c1-6-21(5)11-10-19-17(18-4)20-13-15-9-8-14(3)12-16(15)22-7-2/h8-9,12H,6-7,10-11,13H2,1-5H3,(H2,18,19,20). The molecule has 0 aliphatic rings. The van der Waals surface area contributed by atoms with E-state index in [2.05, 4.69) is 59.6 Å². The number of aryl methyl sites for hydroxylation is 1. The topological polar surface area (TPSA) is 48.9 Å². The van der Waals surface area contributed by atoms with Gasteiger partial charge in [-0.05, 0) is 39.1 Å². The predicted molar refractivity (Wildman–Crippen MR) is 93.7 cm³/mol. The molecule has 0 aliphatic carbocycles. The van der Waals surface area contributed by atoms with Crippen LogP contribution < -0.4 is 15.4 Å². The number of rotatable bonds is 8. The van der Waals surface area contributed by atoms with Crippen molar-refractivity contribution < 1.29 is 4.74 Å². The summed E-state index contributed by atoms with van der Waals surface area (Å²) in [6.45, 7) is 10.5. The summed E-state index contributed by atoms with van der Waals surface area (Å²) in [6, 6.07) is 6.28. The fraction of sp³-hybridized carbons (Fsp3) is 0.588. The lowest BCUT2D eigenvalue weighted by Gasteiger charge is -2.17. The van der Waals surface area contributed by atoms with Crippen molar-refractivity contribution in [3.8, 4) is 5.75 Å². The molecule has 5 nitrogen and oxygen atoms in total. The number of hydrogen-bond acceptors (Lipinski definition) is 3. The second-order valence-electron chi connectivity index (χ2n) is 5.29. The molecule has 1 rings (SSSR count). The number of nitrogens with zero attached hydrogens (tertiary/aromatic N) is 2. The number of aliphatic imine (C=N–C) groups is 1. The minimum absolute atomic E-state index is 0.673. The first kappa shape index (κ1) is 18.3. The van der Waals surface area contributed by atoms with Crippen LogP contribution in [0.4, 0.5) is 0 Å². The van der Waals surface area contributed by atoms with Crippen molar-refractivity contribution >= 4 is 5.96 Å². The van der Waals surface area contributed by atoms with Crippen LogP contribution in [0, 0.1) is 6.92 Å². The molecule has 0 atom stereocenters. The highest BCUT2D eigenvalue weighted by atomic mass is 16.5. The molecular formula is C17H30N4O. The Morgan fingerprint density at radius 3 is 2.68 bits per heavy atom. The molecule has 5 heteroatoms. The highest BCUT2D eigenvalue weighted by Crippen LogP contribution is 2.20. The Kier molecular flexibility index (Phi) is 8.36. The van der Waals surface area contributed by atoms with Gasteiger partial charge in [-0.25, -0.2) is 0 Å². The molecule has 0 saturated heterocycles. The smallest absolute Gasteiger partial charge is 0.191 e. The summed E-state index contributed by atoms with van der Waals surface area (Å²) in [5, 5.41) is 6.66. The van der Waals surface area contributed by atoms with E-state index in [-0.39, 0.29) is 0 Å². The molecule has 0 bridgehead atoms. The fourth-order valence-electron chi connectivity index (χ4n) is 2.02. The Labute approximate surface area is 134 Å². The van der Waals surface area contributed by atoms with Crippen LogP contribution in [0.15, 0.2) is 23.2 Å². The van der Waals surface area contributed by atoms with Crippen molar-refractivity contribution in [1.29, 1.82) is 0 Å². The van der Waals surface area contributed by atoms with Gasteiger partial charge in [0, 0.05) is 32.2 Å². The Morgan fingerprint density at radius 1 is 1.27 bits per heavy atom. The average Bonchev–Trinajstić information content (AvgIpc) is 2.52. The molecule has 124 valence electrons. The molecule has 0 saturated carbocycles. The van der Waals surface area contributed by atoms with Gasteiger partial charge in [-0.3, -0.25) is 4.99 Å². The van der Waals surface area contributed by atoms with Crippen LogP contribution in [-0.4, -0.2) is 51.2 Å². The van der Waals surface area contributed by atoms with Crippen LogP contribution in [0.25, 0.3) is 0 Å². The summed E-state index contributed by atoms with van der Waals surface area (Å²) in [4.78, 5) is 6.51. The first-order valence-corrected chi connectivity index (χ1v) is 7.96. The van der Waals surface area contributed by atoms with E-state index >= 15 is 0 Å². The second kappa shape index (κ2) is 10.1. The van der Waals surface area contributed by atoms with Crippen molar-refractivity contribution in [2.75, 3.05) is 40.3 Å². The van der Waals surface area contributed by atoms with Crippen LogP contribution in [-0.2, 0) is 6.54 Å². The molecule has 0 amide bonds. The first-order chi connectivity index (χ1) is 10.6. The third-order valence-corrected chi connectivity index (χ3v) is 3.52. The van der Waals surface area contributed by atoms with Gasteiger partial charge in [0.1, 0.15) is 5.75 Å². The zero-order valence-corrected chi connectivity index (χ0v) is 14.6. The summed E-state index contributed by atoms with van der Waals surface area (Å²) in [7, 11) is 3.90. The molecule has 0 heterocycles. The number of nitrogens with one attached hydrogen (secondary N) is 2. The van der Waals surface area contributed by atoms with Crippen LogP contribution in [0.1, 0.15) is 25.0 Å². The zero-order valence-electron chi connectivity index (χ0n) is 14.6. The van der Waals surface area contributed by atoms with Gasteiger partial charge in [0.2, 0.25) is 0 Å². The molecule has 1 aromatic rings. The van der Waals surface area contributed by atoms with Crippen molar-refractivity contribution in [2.45, 2.75) is 27.3 Å². The fourth-order valence-corrected chi connectivity index (χ4v) is 2.02. The molecule has 1 aromatic carbocycles. The van der Waals surface area contributed by atoms with E-state index in [0.29, 0.717) is 13.2 Å². The third-order valence-electron chi connectivity index (χ3n) is 3.52. The molecule has 0 unspecified atom stereocenters. The van der Waals surface area contributed by atoms with Gasteiger partial charge in [-0.15, -0.1) is 0 Å². The van der Waals surface area contributed by atoms with Gasteiger partial charge in [0.25, 0.3) is 0 Å². The van der Waals surface area contributed by atoms with Gasteiger partial charge in [0.15, 0.2) is 5.96 Å². The number of ether oxygens (including phenoxy) is 1. The van der Waals surface area contributed by atoms with E-state index in [1.807, 2.05) is 6.92 Å². The summed E-state index contributed by atoms with van der Waals surface area (Å²) in [5.41, 5.74) is 2.35. The van der Waals surface area contributed by atoms with Crippen molar-refractivity contribution in [3.05, 3.63) is 29.3 Å². The number of likely N-dealkylation sites (N-methyl/N-ethyl adjacent to an activating group) is 1. The van der Waals surface area contributed by atoms with E-state index in [9.17, 15) is 0 Å². The maximum absolute atomic E-state index is 5.70. The molecule has 0 spiro atoms. The lowest BCUT2D eigenvalue weighted by molar-refractivity contribution is 0.336. The van der Waals surface area contributed by atoms with E-state index in [1.54, 1.807) is 7.05 Å². The Balaban J connectivity index is 2.53. The van der Waals surface area contributed by atoms with E-state index < -0.39 is 0 Å². The zero-order chi connectivity index (χ0) is 16.4. The van der Waals surface area contributed by atoms with Gasteiger partial charge < -0.3 is 20.3 Å². The maximum atomic E-state index is 5.70. The van der Waals surface area contributed by atoms with Crippen LogP contribution in [0.5, 0.6) is 5.75 Å². The minimum atomic E-state index is 0.673. The van der Waals surface area contributed by atoms with Crippen molar-refractivity contribution in [2.24, 2.45) is 4.99 Å². The summed E-state index contributed by atoms with van der Waals surface area (Å²) < 4.78 is 5.70. The van der Waals surface area contributed by atoms with E-state index in [1.165, 1.54) is 5.56 Å². The number of hydrogen-bond donors (Lipinski definition) is 2. The lowest BCUT2D eigenvalue weighted by Crippen LogP contribution is -2.40. The van der Waals surface area contributed by atoms with E-state index in [4.69, 9.17) is 4.74 Å². The largest absolute Gasteiger partial charge is 0.494 e. The molecule has 22 heavy (non-hydrogen) atoms. The molecule has 0 fully saturated rings. The van der Waals surface area contributed by atoms with Crippen molar-refractivity contribution in [3.63, 3.8) is 0 Å².